The molecule has 5 nitrogen and oxygen atoms in total. The highest BCUT2D eigenvalue weighted by Gasteiger charge is 2.17. The van der Waals surface area contributed by atoms with Crippen molar-refractivity contribution < 1.29 is 0 Å². The van der Waals surface area contributed by atoms with Gasteiger partial charge in [-0.15, -0.1) is 0 Å². The molecule has 1 aromatic rings. The third-order valence-corrected chi connectivity index (χ3v) is 3.40. The van der Waals surface area contributed by atoms with Crippen LogP contribution in [0.25, 0.3) is 0 Å². The second-order valence-electron chi connectivity index (χ2n) is 4.80. The fourth-order valence-electron chi connectivity index (χ4n) is 2.46. The molecule has 0 radical (unpaired) electrons. The second kappa shape index (κ2) is 6.20. The van der Waals surface area contributed by atoms with E-state index in [1.165, 1.54) is 25.7 Å². The molecule has 0 bridgehead atoms. The van der Waals surface area contributed by atoms with Crippen molar-refractivity contribution in [1.82, 2.24) is 9.97 Å². The smallest absolute Gasteiger partial charge is 0.133 e. The van der Waals surface area contributed by atoms with Gasteiger partial charge in [0.1, 0.15) is 24.5 Å². The fraction of sp³-hybridized carbons (Fsp3) is 0.615. The lowest BCUT2D eigenvalue weighted by Gasteiger charge is -2.22. The van der Waals surface area contributed by atoms with Gasteiger partial charge in [-0.2, -0.15) is 5.26 Å². The van der Waals surface area contributed by atoms with Gasteiger partial charge in [0.25, 0.3) is 0 Å². The van der Waals surface area contributed by atoms with E-state index in [1.807, 2.05) is 12.1 Å². The first-order valence-corrected chi connectivity index (χ1v) is 6.43. The van der Waals surface area contributed by atoms with Gasteiger partial charge >= 0.3 is 0 Å². The summed E-state index contributed by atoms with van der Waals surface area (Å²) in [5.74, 6) is 2.41. The molecule has 96 valence electrons. The Balaban J connectivity index is 1.96. The molecule has 1 N–H and O–H groups in total. The number of hydrogen-bond donors (Lipinski definition) is 1. The van der Waals surface area contributed by atoms with Crippen molar-refractivity contribution >= 4 is 11.6 Å². The number of nitrogens with zero attached hydrogens (tertiary/aromatic N) is 4. The molecule has 1 fully saturated rings. The van der Waals surface area contributed by atoms with E-state index in [0.717, 1.165) is 18.3 Å². The first-order chi connectivity index (χ1) is 8.79. The van der Waals surface area contributed by atoms with Crippen LogP contribution < -0.4 is 10.2 Å². The number of anilines is 2. The molecule has 1 aliphatic carbocycles. The van der Waals surface area contributed by atoms with E-state index < -0.39 is 0 Å². The molecule has 0 aromatic carbocycles. The first kappa shape index (κ1) is 12.6. The zero-order valence-corrected chi connectivity index (χ0v) is 10.8. The number of hydrogen-bond acceptors (Lipinski definition) is 5. The zero-order chi connectivity index (χ0) is 12.8. The van der Waals surface area contributed by atoms with Crippen molar-refractivity contribution in [1.29, 1.82) is 5.26 Å². The van der Waals surface area contributed by atoms with Crippen LogP contribution in [0.2, 0.25) is 0 Å². The Morgan fingerprint density at radius 1 is 1.44 bits per heavy atom. The topological polar surface area (TPSA) is 64.8 Å². The molecule has 0 atom stereocenters. The van der Waals surface area contributed by atoms with E-state index in [-0.39, 0.29) is 6.54 Å². The molecular formula is C13H19N5. The second-order valence-corrected chi connectivity index (χ2v) is 4.80. The molecule has 1 saturated carbocycles. The average molecular weight is 245 g/mol. The van der Waals surface area contributed by atoms with E-state index in [0.29, 0.717) is 5.82 Å². The molecule has 1 aromatic heterocycles. The minimum absolute atomic E-state index is 0.267. The lowest BCUT2D eigenvalue weighted by atomic mass is 10.1. The Morgan fingerprint density at radius 3 is 2.94 bits per heavy atom. The highest BCUT2D eigenvalue weighted by molar-refractivity contribution is 5.48. The van der Waals surface area contributed by atoms with Crippen LogP contribution in [0.1, 0.15) is 25.7 Å². The predicted molar refractivity (Wildman–Crippen MR) is 71.4 cm³/mol. The summed E-state index contributed by atoms with van der Waals surface area (Å²) in [6.07, 6.45) is 6.92. The van der Waals surface area contributed by atoms with E-state index in [9.17, 15) is 0 Å². The molecule has 0 spiro atoms. The Morgan fingerprint density at radius 2 is 2.22 bits per heavy atom. The van der Waals surface area contributed by atoms with Crippen LogP contribution in [0.3, 0.4) is 0 Å². The Hall–Kier alpha value is -1.83. The molecule has 2 rings (SSSR count). The van der Waals surface area contributed by atoms with Crippen molar-refractivity contribution in [2.75, 3.05) is 30.4 Å². The van der Waals surface area contributed by atoms with Crippen LogP contribution in [0, 0.1) is 17.2 Å². The third kappa shape index (κ3) is 3.33. The zero-order valence-electron chi connectivity index (χ0n) is 10.8. The van der Waals surface area contributed by atoms with Crippen molar-refractivity contribution in [3.05, 3.63) is 12.4 Å². The lowest BCUT2D eigenvalue weighted by Crippen LogP contribution is -2.25. The number of rotatable bonds is 5. The fourth-order valence-corrected chi connectivity index (χ4v) is 2.46. The summed E-state index contributed by atoms with van der Waals surface area (Å²) in [6.45, 7) is 1.32. The van der Waals surface area contributed by atoms with Gasteiger partial charge in [-0.1, -0.05) is 12.8 Å². The quantitative estimate of drug-likeness (QED) is 0.804. The number of aromatic nitrogens is 2. The standard InChI is InChI=1S/C13H19N5/c1-18(9-11-4-2-3-5-11)13-8-12(15-7-6-14)16-10-17-13/h8,10-11H,2-5,7,9H2,1H3,(H,15,16,17). The molecular weight excluding hydrogens is 226 g/mol. The van der Waals surface area contributed by atoms with Crippen molar-refractivity contribution in [2.24, 2.45) is 5.92 Å². The summed E-state index contributed by atoms with van der Waals surface area (Å²) in [4.78, 5) is 10.5. The van der Waals surface area contributed by atoms with E-state index in [1.54, 1.807) is 6.33 Å². The van der Waals surface area contributed by atoms with Crippen LogP contribution in [0.4, 0.5) is 11.6 Å². The van der Waals surface area contributed by atoms with Crippen LogP contribution >= 0.6 is 0 Å². The molecule has 0 amide bonds. The van der Waals surface area contributed by atoms with Gasteiger partial charge in [-0.05, 0) is 18.8 Å². The summed E-state index contributed by atoms with van der Waals surface area (Å²) in [5.41, 5.74) is 0. The maximum absolute atomic E-state index is 8.53. The Labute approximate surface area is 108 Å². The summed E-state index contributed by atoms with van der Waals surface area (Å²) in [7, 11) is 2.06. The van der Waals surface area contributed by atoms with Gasteiger partial charge in [0.15, 0.2) is 0 Å². The molecule has 5 heteroatoms. The highest BCUT2D eigenvalue weighted by atomic mass is 15.2. The lowest BCUT2D eigenvalue weighted by molar-refractivity contribution is 0.545. The van der Waals surface area contributed by atoms with Crippen molar-refractivity contribution in [3.8, 4) is 6.07 Å². The van der Waals surface area contributed by atoms with Gasteiger partial charge in [-0.25, -0.2) is 9.97 Å². The van der Waals surface area contributed by atoms with Gasteiger partial charge in [0.2, 0.25) is 0 Å². The highest BCUT2D eigenvalue weighted by Crippen LogP contribution is 2.26. The monoisotopic (exact) mass is 245 g/mol. The molecule has 1 aliphatic rings. The maximum atomic E-state index is 8.53. The van der Waals surface area contributed by atoms with Crippen molar-refractivity contribution in [3.63, 3.8) is 0 Å². The average Bonchev–Trinajstić information content (AvgIpc) is 2.89. The van der Waals surface area contributed by atoms with Gasteiger partial charge in [0.05, 0.1) is 6.07 Å². The SMILES string of the molecule is CN(CC1CCCC1)c1cc(NCC#N)ncn1. The first-order valence-electron chi connectivity index (χ1n) is 6.43. The largest absolute Gasteiger partial charge is 0.359 e. The van der Waals surface area contributed by atoms with E-state index in [4.69, 9.17) is 5.26 Å². The molecule has 0 unspecified atom stereocenters. The summed E-state index contributed by atoms with van der Waals surface area (Å²) < 4.78 is 0. The van der Waals surface area contributed by atoms with Gasteiger partial charge in [0, 0.05) is 19.7 Å². The van der Waals surface area contributed by atoms with Gasteiger partial charge in [-0.3, -0.25) is 0 Å². The molecule has 0 aliphatic heterocycles. The summed E-state index contributed by atoms with van der Waals surface area (Å²) >= 11 is 0. The number of nitrogens with one attached hydrogen (secondary N) is 1. The minimum Gasteiger partial charge on any atom is -0.359 e. The van der Waals surface area contributed by atoms with Crippen molar-refractivity contribution in [2.45, 2.75) is 25.7 Å². The van der Waals surface area contributed by atoms with Crippen LogP contribution in [-0.4, -0.2) is 30.1 Å². The minimum atomic E-state index is 0.267. The Kier molecular flexibility index (Phi) is 4.35. The summed E-state index contributed by atoms with van der Waals surface area (Å²) in [6, 6.07) is 3.93. The number of nitriles is 1. The molecule has 18 heavy (non-hydrogen) atoms. The maximum Gasteiger partial charge on any atom is 0.133 e. The van der Waals surface area contributed by atoms with Crippen LogP contribution in [-0.2, 0) is 0 Å². The molecule has 1 heterocycles. The van der Waals surface area contributed by atoms with Gasteiger partial charge < -0.3 is 10.2 Å². The summed E-state index contributed by atoms with van der Waals surface area (Å²) in [5, 5.41) is 11.5. The van der Waals surface area contributed by atoms with Crippen LogP contribution in [0.15, 0.2) is 12.4 Å². The normalized spacial score (nSPS) is 15.3. The Bertz CT molecular complexity index is 420. The van der Waals surface area contributed by atoms with E-state index in [2.05, 4.69) is 27.2 Å². The van der Waals surface area contributed by atoms with E-state index >= 15 is 0 Å². The van der Waals surface area contributed by atoms with Crippen LogP contribution in [0.5, 0.6) is 0 Å². The predicted octanol–water partition coefficient (Wildman–Crippen LogP) is 2.04. The third-order valence-electron chi connectivity index (χ3n) is 3.40. The molecule has 0 saturated heterocycles.